The lowest BCUT2D eigenvalue weighted by molar-refractivity contribution is 0.0952. The summed E-state index contributed by atoms with van der Waals surface area (Å²) in [5, 5.41) is 7.53. The maximum atomic E-state index is 12.9. The third kappa shape index (κ3) is 3.58. The highest BCUT2D eigenvalue weighted by Gasteiger charge is 2.20. The summed E-state index contributed by atoms with van der Waals surface area (Å²) < 4.78 is 16.0. The van der Waals surface area contributed by atoms with E-state index in [1.807, 2.05) is 32.0 Å². The maximum absolute atomic E-state index is 12.9. The number of aryl methyl sites for hydroxylation is 1. The number of aromatic nitrogens is 2. The molecule has 0 aliphatic rings. The topological polar surface area (TPSA) is 86.5 Å². The quantitative estimate of drug-likeness (QED) is 0.714. The van der Waals surface area contributed by atoms with E-state index in [-0.39, 0.29) is 11.8 Å². The van der Waals surface area contributed by atoms with Gasteiger partial charge in [0.2, 0.25) is 0 Å². The molecule has 1 amide bonds. The van der Waals surface area contributed by atoms with Crippen LogP contribution in [0.3, 0.4) is 0 Å². The monoisotopic (exact) mass is 369 g/mol. The van der Waals surface area contributed by atoms with E-state index in [9.17, 15) is 4.79 Å². The molecule has 3 aromatic rings. The molecular formula is C20H23N3O4. The van der Waals surface area contributed by atoms with Crippen LogP contribution in [0.5, 0.6) is 11.5 Å². The standard InChI is InChI=1S/C20H23N3O4/c1-11(2)15-9-14(17-12(3)23-27-20(17)22-15)19(24)21-10-13-7-6-8-16(25-4)18(13)26-5/h6-9,11H,10H2,1-5H3,(H,21,24). The SMILES string of the molecule is COc1cccc(CNC(=O)c2cc(C(C)C)nc3onc(C)c23)c1OC. The highest BCUT2D eigenvalue weighted by Crippen LogP contribution is 2.31. The molecule has 1 aromatic carbocycles. The molecule has 27 heavy (non-hydrogen) atoms. The zero-order valence-electron chi connectivity index (χ0n) is 16.1. The number of fused-ring (bicyclic) bond motifs is 1. The molecule has 142 valence electrons. The number of hydrogen-bond acceptors (Lipinski definition) is 6. The summed E-state index contributed by atoms with van der Waals surface area (Å²) in [6.07, 6.45) is 0. The summed E-state index contributed by atoms with van der Waals surface area (Å²) >= 11 is 0. The summed E-state index contributed by atoms with van der Waals surface area (Å²) in [6.45, 7) is 6.12. The molecule has 0 atom stereocenters. The van der Waals surface area contributed by atoms with Gasteiger partial charge in [-0.15, -0.1) is 0 Å². The van der Waals surface area contributed by atoms with Gasteiger partial charge in [-0.1, -0.05) is 31.1 Å². The van der Waals surface area contributed by atoms with E-state index in [2.05, 4.69) is 15.5 Å². The van der Waals surface area contributed by atoms with Crippen LogP contribution in [0.2, 0.25) is 0 Å². The predicted molar refractivity (Wildman–Crippen MR) is 101 cm³/mol. The largest absolute Gasteiger partial charge is 0.493 e. The molecule has 0 bridgehead atoms. The normalized spacial score (nSPS) is 11.0. The van der Waals surface area contributed by atoms with Crippen molar-refractivity contribution >= 4 is 17.0 Å². The third-order valence-corrected chi connectivity index (χ3v) is 4.40. The van der Waals surface area contributed by atoms with Crippen molar-refractivity contribution in [3.05, 3.63) is 46.8 Å². The molecule has 7 nitrogen and oxygen atoms in total. The van der Waals surface area contributed by atoms with E-state index in [1.165, 1.54) is 0 Å². The Labute approximate surface area is 157 Å². The molecular weight excluding hydrogens is 346 g/mol. The second kappa shape index (κ2) is 7.65. The van der Waals surface area contributed by atoms with Gasteiger partial charge in [0.15, 0.2) is 11.5 Å². The number of hydrogen-bond donors (Lipinski definition) is 1. The maximum Gasteiger partial charge on any atom is 0.259 e. The minimum atomic E-state index is -0.222. The smallest absolute Gasteiger partial charge is 0.259 e. The molecule has 0 aliphatic heterocycles. The first-order chi connectivity index (χ1) is 13.0. The van der Waals surface area contributed by atoms with Crippen molar-refractivity contribution in [3.8, 4) is 11.5 Å². The van der Waals surface area contributed by atoms with E-state index < -0.39 is 0 Å². The molecule has 0 aliphatic carbocycles. The molecule has 0 saturated heterocycles. The lowest BCUT2D eigenvalue weighted by Gasteiger charge is -2.14. The van der Waals surface area contributed by atoms with Crippen LogP contribution in [0.15, 0.2) is 28.8 Å². The van der Waals surface area contributed by atoms with Crippen molar-refractivity contribution < 1.29 is 18.8 Å². The van der Waals surface area contributed by atoms with Crippen molar-refractivity contribution in [2.45, 2.75) is 33.2 Å². The van der Waals surface area contributed by atoms with Crippen LogP contribution < -0.4 is 14.8 Å². The van der Waals surface area contributed by atoms with Gasteiger partial charge in [-0.05, 0) is 25.0 Å². The fourth-order valence-corrected chi connectivity index (χ4v) is 2.95. The number of nitrogens with one attached hydrogen (secondary N) is 1. The first-order valence-electron chi connectivity index (χ1n) is 8.71. The van der Waals surface area contributed by atoms with E-state index in [1.54, 1.807) is 27.2 Å². The number of para-hydroxylation sites is 1. The summed E-state index contributed by atoms with van der Waals surface area (Å²) in [6, 6.07) is 7.35. The minimum absolute atomic E-state index is 0.157. The van der Waals surface area contributed by atoms with Crippen LogP contribution in [0.1, 0.15) is 47.1 Å². The van der Waals surface area contributed by atoms with Crippen LogP contribution in [0.4, 0.5) is 0 Å². The molecule has 0 radical (unpaired) electrons. The Morgan fingerprint density at radius 2 is 2.04 bits per heavy atom. The Hall–Kier alpha value is -3.09. The number of rotatable bonds is 6. The lowest BCUT2D eigenvalue weighted by Crippen LogP contribution is -2.24. The van der Waals surface area contributed by atoms with Crippen LogP contribution >= 0.6 is 0 Å². The number of methoxy groups -OCH3 is 2. The van der Waals surface area contributed by atoms with Gasteiger partial charge >= 0.3 is 0 Å². The van der Waals surface area contributed by atoms with Gasteiger partial charge in [-0.25, -0.2) is 4.98 Å². The summed E-state index contributed by atoms with van der Waals surface area (Å²) in [5.74, 6) is 1.15. The van der Waals surface area contributed by atoms with Crippen molar-refractivity contribution in [2.75, 3.05) is 14.2 Å². The second-order valence-corrected chi connectivity index (χ2v) is 6.53. The third-order valence-electron chi connectivity index (χ3n) is 4.40. The van der Waals surface area contributed by atoms with E-state index >= 15 is 0 Å². The van der Waals surface area contributed by atoms with Gasteiger partial charge in [-0.3, -0.25) is 4.79 Å². The van der Waals surface area contributed by atoms with Gasteiger partial charge in [-0.2, -0.15) is 0 Å². The summed E-state index contributed by atoms with van der Waals surface area (Å²) in [4.78, 5) is 17.4. The number of nitrogens with zero attached hydrogens (tertiary/aromatic N) is 2. The number of pyridine rings is 1. The highest BCUT2D eigenvalue weighted by molar-refractivity contribution is 6.06. The lowest BCUT2D eigenvalue weighted by atomic mass is 10.0. The zero-order valence-corrected chi connectivity index (χ0v) is 16.1. The van der Waals surface area contributed by atoms with E-state index in [0.29, 0.717) is 40.4 Å². The van der Waals surface area contributed by atoms with Crippen LogP contribution in [-0.2, 0) is 6.54 Å². The molecule has 3 rings (SSSR count). The molecule has 0 fully saturated rings. The van der Waals surface area contributed by atoms with Crippen molar-refractivity contribution in [1.29, 1.82) is 0 Å². The van der Waals surface area contributed by atoms with Crippen molar-refractivity contribution in [2.24, 2.45) is 0 Å². The van der Waals surface area contributed by atoms with Crippen LogP contribution in [0, 0.1) is 6.92 Å². The van der Waals surface area contributed by atoms with E-state index in [0.717, 1.165) is 11.3 Å². The molecule has 1 N–H and O–H groups in total. The average molecular weight is 369 g/mol. The first kappa shape index (κ1) is 18.7. The van der Waals surface area contributed by atoms with Crippen molar-refractivity contribution in [1.82, 2.24) is 15.5 Å². The van der Waals surface area contributed by atoms with Crippen LogP contribution in [-0.4, -0.2) is 30.3 Å². The molecule has 0 saturated carbocycles. The fraction of sp³-hybridized carbons (Fsp3) is 0.350. The molecule has 2 heterocycles. The zero-order chi connectivity index (χ0) is 19.6. The predicted octanol–water partition coefficient (Wildman–Crippen LogP) is 3.60. The highest BCUT2D eigenvalue weighted by atomic mass is 16.5. The van der Waals surface area contributed by atoms with Crippen LogP contribution in [0.25, 0.3) is 11.1 Å². The number of ether oxygens (including phenoxy) is 2. The molecule has 0 unspecified atom stereocenters. The molecule has 0 spiro atoms. The van der Waals surface area contributed by atoms with Gasteiger partial charge in [0.1, 0.15) is 0 Å². The first-order valence-corrected chi connectivity index (χ1v) is 8.71. The van der Waals surface area contributed by atoms with E-state index in [4.69, 9.17) is 14.0 Å². The fourth-order valence-electron chi connectivity index (χ4n) is 2.95. The number of amides is 1. The summed E-state index contributed by atoms with van der Waals surface area (Å²) in [5.41, 5.74) is 3.12. The number of carbonyl (C=O) groups is 1. The Bertz CT molecular complexity index is 979. The minimum Gasteiger partial charge on any atom is -0.493 e. The summed E-state index contributed by atoms with van der Waals surface area (Å²) in [7, 11) is 3.15. The number of benzene rings is 1. The number of carbonyl (C=O) groups excluding carboxylic acids is 1. The Kier molecular flexibility index (Phi) is 5.30. The van der Waals surface area contributed by atoms with Crippen molar-refractivity contribution in [3.63, 3.8) is 0 Å². The van der Waals surface area contributed by atoms with Gasteiger partial charge in [0, 0.05) is 17.8 Å². The Morgan fingerprint density at radius 1 is 1.26 bits per heavy atom. The Balaban J connectivity index is 1.92. The molecule has 7 heteroatoms. The second-order valence-electron chi connectivity index (χ2n) is 6.53. The molecule has 2 aromatic heterocycles. The average Bonchev–Trinajstić information content (AvgIpc) is 3.05. The van der Waals surface area contributed by atoms with Gasteiger partial charge in [0.05, 0.1) is 30.9 Å². The van der Waals surface area contributed by atoms with Gasteiger partial charge < -0.3 is 19.3 Å². The Morgan fingerprint density at radius 3 is 2.70 bits per heavy atom. The van der Waals surface area contributed by atoms with Gasteiger partial charge in [0.25, 0.3) is 11.6 Å².